The summed E-state index contributed by atoms with van der Waals surface area (Å²) in [4.78, 5) is 12.6. The molecule has 8 nitrogen and oxygen atoms in total. The van der Waals surface area contributed by atoms with Crippen molar-refractivity contribution in [2.45, 2.75) is 26.2 Å². The fourth-order valence-corrected chi connectivity index (χ4v) is 3.16. The Morgan fingerprint density at radius 2 is 2.03 bits per heavy atom. The molecule has 0 fully saturated rings. The van der Waals surface area contributed by atoms with Crippen molar-refractivity contribution in [3.63, 3.8) is 0 Å². The summed E-state index contributed by atoms with van der Waals surface area (Å²) in [6.45, 7) is 2.29. The van der Waals surface area contributed by atoms with E-state index in [0.29, 0.717) is 34.3 Å². The number of hydrogen-bond acceptors (Lipinski definition) is 5. The first-order valence-corrected chi connectivity index (χ1v) is 9.73. The maximum absolute atomic E-state index is 12.6. The molecule has 1 aliphatic heterocycles. The molecule has 4 rings (SSSR count). The fourth-order valence-electron chi connectivity index (χ4n) is 3.16. The second kappa shape index (κ2) is 8.57. The third-order valence-electron chi connectivity index (χ3n) is 4.64. The molecule has 0 spiro atoms. The van der Waals surface area contributed by atoms with Gasteiger partial charge in [-0.05, 0) is 43.2 Å². The Morgan fingerprint density at radius 1 is 1.17 bits per heavy atom. The Hall–Kier alpha value is -3.99. The zero-order chi connectivity index (χ0) is 20.9. The van der Waals surface area contributed by atoms with Gasteiger partial charge in [0.1, 0.15) is 5.82 Å². The Labute approximate surface area is 174 Å². The topological polar surface area (TPSA) is 101 Å². The smallest absolute Gasteiger partial charge is 0.324 e. The molecule has 1 aromatic heterocycles. The maximum atomic E-state index is 12.6. The van der Waals surface area contributed by atoms with Gasteiger partial charge in [0.2, 0.25) is 6.79 Å². The molecule has 152 valence electrons. The second-order valence-electron chi connectivity index (χ2n) is 6.85. The molecule has 0 saturated carbocycles. The minimum absolute atomic E-state index is 0.173. The number of urea groups is 1. The van der Waals surface area contributed by atoms with E-state index >= 15 is 0 Å². The fraction of sp³-hybridized carbons (Fsp3) is 0.227. The molecule has 0 radical (unpaired) electrons. The quantitative estimate of drug-likeness (QED) is 0.633. The summed E-state index contributed by atoms with van der Waals surface area (Å²) in [6, 6.07) is 15.9. The summed E-state index contributed by atoms with van der Waals surface area (Å²) in [6.07, 6.45) is 2.85. The number of nitrogens with zero attached hydrogens (tertiary/aromatic N) is 3. The highest BCUT2D eigenvalue weighted by Crippen LogP contribution is 2.34. The van der Waals surface area contributed by atoms with Gasteiger partial charge in [-0.25, -0.2) is 9.48 Å². The first-order chi connectivity index (χ1) is 14.7. The number of aryl methyl sites for hydroxylation is 1. The van der Waals surface area contributed by atoms with E-state index in [2.05, 4.69) is 28.7 Å². The number of aromatic nitrogens is 2. The molecular weight excluding hydrogens is 382 g/mol. The molecule has 0 atom stereocenters. The molecule has 30 heavy (non-hydrogen) atoms. The van der Waals surface area contributed by atoms with Crippen molar-refractivity contribution >= 4 is 17.5 Å². The predicted octanol–water partition coefficient (Wildman–Crippen LogP) is 4.46. The van der Waals surface area contributed by atoms with Crippen molar-refractivity contribution in [3.05, 3.63) is 59.8 Å². The van der Waals surface area contributed by atoms with Crippen LogP contribution in [-0.4, -0.2) is 22.6 Å². The SMILES string of the molecule is CCCCc1cc(NC(=O)Nc2ccc3c(c2)OCO3)n(-c2cccc(C#N)c2)n1. The summed E-state index contributed by atoms with van der Waals surface area (Å²) >= 11 is 0. The molecule has 2 aromatic carbocycles. The average Bonchev–Trinajstić information content (AvgIpc) is 3.38. The summed E-state index contributed by atoms with van der Waals surface area (Å²) < 4.78 is 12.3. The number of carbonyl (C=O) groups excluding carboxylic acids is 1. The monoisotopic (exact) mass is 403 g/mol. The second-order valence-corrected chi connectivity index (χ2v) is 6.85. The van der Waals surface area contributed by atoms with Crippen molar-refractivity contribution in [1.29, 1.82) is 5.26 Å². The van der Waals surface area contributed by atoms with Crippen LogP contribution in [0.2, 0.25) is 0 Å². The van der Waals surface area contributed by atoms with Gasteiger partial charge in [0, 0.05) is 17.8 Å². The van der Waals surface area contributed by atoms with Crippen molar-refractivity contribution < 1.29 is 14.3 Å². The number of unbranched alkanes of at least 4 members (excludes halogenated alkanes) is 1. The molecular formula is C22H21N5O3. The Balaban J connectivity index is 1.56. The van der Waals surface area contributed by atoms with Crippen LogP contribution in [-0.2, 0) is 6.42 Å². The Kier molecular flexibility index (Phi) is 5.52. The van der Waals surface area contributed by atoms with Crippen LogP contribution in [0.1, 0.15) is 31.0 Å². The number of nitriles is 1. The molecule has 8 heteroatoms. The highest BCUT2D eigenvalue weighted by molar-refractivity contribution is 5.99. The number of anilines is 2. The lowest BCUT2D eigenvalue weighted by Crippen LogP contribution is -2.21. The van der Waals surface area contributed by atoms with Crippen LogP contribution in [0.25, 0.3) is 5.69 Å². The lowest BCUT2D eigenvalue weighted by atomic mass is 10.2. The van der Waals surface area contributed by atoms with Gasteiger partial charge in [-0.2, -0.15) is 10.4 Å². The van der Waals surface area contributed by atoms with E-state index in [1.807, 2.05) is 12.1 Å². The Morgan fingerprint density at radius 3 is 2.87 bits per heavy atom. The molecule has 0 bridgehead atoms. The lowest BCUT2D eigenvalue weighted by molar-refractivity contribution is 0.174. The summed E-state index contributed by atoms with van der Waals surface area (Å²) in [5.74, 6) is 1.76. The minimum Gasteiger partial charge on any atom is -0.454 e. The largest absolute Gasteiger partial charge is 0.454 e. The number of carbonyl (C=O) groups is 1. The van der Waals surface area contributed by atoms with Crippen LogP contribution in [0.4, 0.5) is 16.3 Å². The van der Waals surface area contributed by atoms with E-state index in [9.17, 15) is 10.1 Å². The van der Waals surface area contributed by atoms with Gasteiger partial charge >= 0.3 is 6.03 Å². The van der Waals surface area contributed by atoms with E-state index < -0.39 is 6.03 Å². The van der Waals surface area contributed by atoms with E-state index in [0.717, 1.165) is 25.0 Å². The van der Waals surface area contributed by atoms with Gasteiger partial charge in [0.05, 0.1) is 23.0 Å². The third-order valence-corrected chi connectivity index (χ3v) is 4.64. The summed E-state index contributed by atoms with van der Waals surface area (Å²) in [5.41, 5.74) is 2.68. The minimum atomic E-state index is -0.409. The number of benzene rings is 2. The number of ether oxygens (including phenoxy) is 2. The van der Waals surface area contributed by atoms with Crippen molar-refractivity contribution in [3.8, 4) is 23.3 Å². The molecule has 3 aromatic rings. The highest BCUT2D eigenvalue weighted by atomic mass is 16.7. The van der Waals surface area contributed by atoms with Crippen LogP contribution in [0.3, 0.4) is 0 Å². The summed E-state index contributed by atoms with van der Waals surface area (Å²) in [7, 11) is 0. The Bertz CT molecular complexity index is 1120. The highest BCUT2D eigenvalue weighted by Gasteiger charge is 2.16. The van der Waals surface area contributed by atoms with Crippen LogP contribution < -0.4 is 20.1 Å². The molecule has 2 N–H and O–H groups in total. The van der Waals surface area contributed by atoms with Gasteiger partial charge < -0.3 is 14.8 Å². The van der Waals surface area contributed by atoms with E-state index in [1.165, 1.54) is 0 Å². The number of nitrogens with one attached hydrogen (secondary N) is 2. The van der Waals surface area contributed by atoms with E-state index in [-0.39, 0.29) is 6.79 Å². The number of rotatable bonds is 6. The van der Waals surface area contributed by atoms with Crippen LogP contribution in [0, 0.1) is 11.3 Å². The zero-order valence-corrected chi connectivity index (χ0v) is 16.5. The van der Waals surface area contributed by atoms with Crippen molar-refractivity contribution in [2.75, 3.05) is 17.4 Å². The van der Waals surface area contributed by atoms with E-state index in [1.54, 1.807) is 41.1 Å². The van der Waals surface area contributed by atoms with Gasteiger partial charge in [0.25, 0.3) is 0 Å². The van der Waals surface area contributed by atoms with Crippen LogP contribution >= 0.6 is 0 Å². The maximum Gasteiger partial charge on any atom is 0.324 e. The summed E-state index contributed by atoms with van der Waals surface area (Å²) in [5, 5.41) is 19.5. The lowest BCUT2D eigenvalue weighted by Gasteiger charge is -2.10. The number of fused-ring (bicyclic) bond motifs is 1. The third kappa shape index (κ3) is 4.20. The molecule has 2 amide bonds. The van der Waals surface area contributed by atoms with Crippen molar-refractivity contribution in [2.24, 2.45) is 0 Å². The standard InChI is InChI=1S/C22H21N5O3/c1-2-3-6-17-12-21(27(26-17)18-7-4-5-15(10-18)13-23)25-22(28)24-16-8-9-19-20(11-16)30-14-29-19/h4-5,7-12H,2-3,6,14H2,1H3,(H2,24,25,28). The van der Waals surface area contributed by atoms with Gasteiger partial charge in [-0.3, -0.25) is 5.32 Å². The molecule has 2 heterocycles. The normalized spacial score (nSPS) is 11.7. The first kappa shape index (κ1) is 19.3. The molecule has 0 aliphatic carbocycles. The van der Waals surface area contributed by atoms with E-state index in [4.69, 9.17) is 9.47 Å². The molecule has 0 saturated heterocycles. The number of amides is 2. The molecule has 1 aliphatic rings. The van der Waals surface area contributed by atoms with Crippen molar-refractivity contribution in [1.82, 2.24) is 9.78 Å². The van der Waals surface area contributed by atoms with Crippen LogP contribution in [0.15, 0.2) is 48.5 Å². The number of hydrogen-bond donors (Lipinski definition) is 2. The molecule has 0 unspecified atom stereocenters. The average molecular weight is 403 g/mol. The predicted molar refractivity (Wildman–Crippen MR) is 112 cm³/mol. The first-order valence-electron chi connectivity index (χ1n) is 9.73. The van der Waals surface area contributed by atoms with Gasteiger partial charge in [0.15, 0.2) is 11.5 Å². The van der Waals surface area contributed by atoms with Crippen LogP contribution in [0.5, 0.6) is 11.5 Å². The van der Waals surface area contributed by atoms with Gasteiger partial charge in [-0.15, -0.1) is 0 Å². The van der Waals surface area contributed by atoms with Gasteiger partial charge in [-0.1, -0.05) is 19.4 Å². The zero-order valence-electron chi connectivity index (χ0n) is 16.5.